The van der Waals surface area contributed by atoms with Gasteiger partial charge in [0.05, 0.1) is 29.4 Å². The van der Waals surface area contributed by atoms with Crippen molar-refractivity contribution in [3.8, 4) is 17.3 Å². The first-order chi connectivity index (χ1) is 12.2. The number of amides is 1. The fraction of sp³-hybridized carbons (Fsp3) is 0.222. The highest BCUT2D eigenvalue weighted by Crippen LogP contribution is 2.32. The topological polar surface area (TPSA) is 94.5 Å². The van der Waals surface area contributed by atoms with Crippen LogP contribution in [0.4, 0.5) is 5.13 Å². The molecule has 0 aliphatic heterocycles. The number of H-pyrrole nitrogens is 1. The number of fused-ring (bicyclic) bond motifs is 1. The number of aromatic nitrogens is 3. The minimum absolute atomic E-state index is 0.0472. The number of carbonyl (C=O) groups is 1. The Balaban J connectivity index is 1.52. The highest BCUT2D eigenvalue weighted by Gasteiger charge is 2.28. The lowest BCUT2D eigenvalue weighted by molar-refractivity contribution is -0.117. The third-order valence-corrected chi connectivity index (χ3v) is 5.14. The molecule has 0 unspecified atom stereocenters. The van der Waals surface area contributed by atoms with Crippen molar-refractivity contribution < 1.29 is 4.79 Å². The van der Waals surface area contributed by atoms with E-state index in [9.17, 15) is 4.79 Å². The third kappa shape index (κ3) is 3.04. The summed E-state index contributed by atoms with van der Waals surface area (Å²) in [6.07, 6.45) is 4.48. The van der Waals surface area contributed by atoms with Gasteiger partial charge < -0.3 is 5.32 Å². The van der Waals surface area contributed by atoms with Crippen LogP contribution >= 0.6 is 11.3 Å². The molecule has 0 radical (unpaired) electrons. The largest absolute Gasteiger partial charge is 0.301 e. The van der Waals surface area contributed by atoms with Crippen LogP contribution in [0.15, 0.2) is 35.8 Å². The maximum absolute atomic E-state index is 12.6. The van der Waals surface area contributed by atoms with Gasteiger partial charge in [-0.05, 0) is 31.4 Å². The fourth-order valence-corrected chi connectivity index (χ4v) is 3.86. The number of nitrogens with one attached hydrogen (secondary N) is 2. The maximum atomic E-state index is 12.6. The molecule has 4 rings (SSSR count). The number of aromatic amines is 1. The number of hydrogen-bond donors (Lipinski definition) is 2. The number of thiazole rings is 1. The zero-order valence-corrected chi connectivity index (χ0v) is 14.1. The predicted molar refractivity (Wildman–Crippen MR) is 95.2 cm³/mol. The summed E-state index contributed by atoms with van der Waals surface area (Å²) in [6.45, 7) is 0. The van der Waals surface area contributed by atoms with Gasteiger partial charge in [0.1, 0.15) is 0 Å². The summed E-state index contributed by atoms with van der Waals surface area (Å²) in [6, 6.07) is 9.40. The van der Waals surface area contributed by atoms with Crippen LogP contribution in [0.25, 0.3) is 11.3 Å². The first-order valence-electron chi connectivity index (χ1n) is 8.03. The van der Waals surface area contributed by atoms with Gasteiger partial charge in [0.2, 0.25) is 5.91 Å². The van der Waals surface area contributed by atoms with Gasteiger partial charge in [0.25, 0.3) is 0 Å². The highest BCUT2D eigenvalue weighted by atomic mass is 32.1. The average Bonchev–Trinajstić information content (AvgIpc) is 3.30. The lowest BCUT2D eigenvalue weighted by atomic mass is 9.86. The van der Waals surface area contributed by atoms with Crippen molar-refractivity contribution in [3.05, 3.63) is 52.7 Å². The van der Waals surface area contributed by atoms with Gasteiger partial charge in [-0.2, -0.15) is 10.4 Å². The molecule has 1 amide bonds. The molecule has 0 spiro atoms. The number of nitriles is 1. The van der Waals surface area contributed by atoms with E-state index in [1.165, 1.54) is 11.3 Å². The Bertz CT molecular complexity index is 968. The lowest BCUT2D eigenvalue weighted by Crippen LogP contribution is -2.24. The van der Waals surface area contributed by atoms with Crippen molar-refractivity contribution in [1.29, 1.82) is 5.26 Å². The van der Waals surface area contributed by atoms with Crippen LogP contribution in [0.1, 0.15) is 35.6 Å². The number of rotatable bonds is 3. The monoisotopic (exact) mass is 349 g/mol. The van der Waals surface area contributed by atoms with E-state index in [2.05, 4.69) is 26.6 Å². The molecule has 25 heavy (non-hydrogen) atoms. The predicted octanol–water partition coefficient (Wildman–Crippen LogP) is 3.46. The SMILES string of the molecule is N#Cc1cccc(-c2csc(NC(=O)[C@@H]3CCCc4[nH]ncc43)n2)c1. The molecule has 2 N–H and O–H groups in total. The van der Waals surface area contributed by atoms with Gasteiger partial charge in [0, 0.05) is 22.2 Å². The molecule has 124 valence electrons. The second-order valence-electron chi connectivity index (χ2n) is 5.97. The summed E-state index contributed by atoms with van der Waals surface area (Å²) in [4.78, 5) is 17.1. The van der Waals surface area contributed by atoms with Gasteiger partial charge in [0.15, 0.2) is 5.13 Å². The van der Waals surface area contributed by atoms with E-state index in [0.717, 1.165) is 41.8 Å². The number of aryl methyl sites for hydroxylation is 1. The van der Waals surface area contributed by atoms with E-state index in [1.54, 1.807) is 18.3 Å². The summed E-state index contributed by atoms with van der Waals surface area (Å²) in [5, 5.41) is 21.4. The van der Waals surface area contributed by atoms with Crippen molar-refractivity contribution in [2.45, 2.75) is 25.2 Å². The van der Waals surface area contributed by atoms with Crippen molar-refractivity contribution in [2.24, 2.45) is 0 Å². The summed E-state index contributed by atoms with van der Waals surface area (Å²) >= 11 is 1.38. The minimum atomic E-state index is -0.184. The Morgan fingerprint density at radius 2 is 2.36 bits per heavy atom. The second kappa shape index (κ2) is 6.49. The highest BCUT2D eigenvalue weighted by molar-refractivity contribution is 7.14. The van der Waals surface area contributed by atoms with Crippen LogP contribution in [0.2, 0.25) is 0 Å². The van der Waals surface area contributed by atoms with Gasteiger partial charge >= 0.3 is 0 Å². The Labute approximate surface area is 148 Å². The Morgan fingerprint density at radius 1 is 1.44 bits per heavy atom. The summed E-state index contributed by atoms with van der Waals surface area (Å²) in [7, 11) is 0. The van der Waals surface area contributed by atoms with Crippen LogP contribution in [-0.4, -0.2) is 21.1 Å². The number of anilines is 1. The molecule has 0 saturated heterocycles. The molecule has 7 heteroatoms. The van der Waals surface area contributed by atoms with Crippen molar-refractivity contribution in [2.75, 3.05) is 5.32 Å². The Kier molecular flexibility index (Phi) is 4.04. The van der Waals surface area contributed by atoms with Crippen LogP contribution in [0.3, 0.4) is 0 Å². The molecule has 1 aliphatic rings. The van der Waals surface area contributed by atoms with E-state index in [-0.39, 0.29) is 11.8 Å². The first-order valence-corrected chi connectivity index (χ1v) is 8.91. The Hall–Kier alpha value is -2.98. The van der Waals surface area contributed by atoms with Crippen LogP contribution < -0.4 is 5.32 Å². The van der Waals surface area contributed by atoms with E-state index < -0.39 is 0 Å². The molecule has 2 aromatic heterocycles. The maximum Gasteiger partial charge on any atom is 0.233 e. The quantitative estimate of drug-likeness (QED) is 0.757. The van der Waals surface area contributed by atoms with E-state index >= 15 is 0 Å². The van der Waals surface area contributed by atoms with Gasteiger partial charge in [-0.3, -0.25) is 9.89 Å². The van der Waals surface area contributed by atoms with Crippen LogP contribution in [0.5, 0.6) is 0 Å². The molecule has 3 aromatic rings. The summed E-state index contributed by atoms with van der Waals surface area (Å²) < 4.78 is 0. The summed E-state index contributed by atoms with van der Waals surface area (Å²) in [5.74, 6) is -0.231. The molecule has 1 aliphatic carbocycles. The van der Waals surface area contributed by atoms with Crippen LogP contribution in [-0.2, 0) is 11.2 Å². The smallest absolute Gasteiger partial charge is 0.233 e. The van der Waals surface area contributed by atoms with E-state index in [4.69, 9.17) is 5.26 Å². The summed E-state index contributed by atoms with van der Waals surface area (Å²) in [5.41, 5.74) is 4.25. The van der Waals surface area contributed by atoms with Gasteiger partial charge in [-0.15, -0.1) is 11.3 Å². The lowest BCUT2D eigenvalue weighted by Gasteiger charge is -2.20. The number of hydrogen-bond acceptors (Lipinski definition) is 5. The molecular weight excluding hydrogens is 334 g/mol. The standard InChI is InChI=1S/C18H15N5OS/c19-8-11-3-1-4-12(7-11)16-10-25-18(21-16)22-17(24)13-5-2-6-15-14(13)9-20-23-15/h1,3-4,7,9-10,13H,2,5-6H2,(H,20,23)(H,21,22,24)/t13-/m1/s1. The minimum Gasteiger partial charge on any atom is -0.301 e. The molecular formula is C18H15N5OS. The molecule has 2 heterocycles. The molecule has 1 atom stereocenters. The Morgan fingerprint density at radius 3 is 3.24 bits per heavy atom. The normalized spacial score (nSPS) is 16.0. The molecule has 0 saturated carbocycles. The molecule has 6 nitrogen and oxygen atoms in total. The molecule has 1 aromatic carbocycles. The fourth-order valence-electron chi connectivity index (χ4n) is 3.14. The van der Waals surface area contributed by atoms with Crippen molar-refractivity contribution >= 4 is 22.4 Å². The molecule has 0 fully saturated rings. The number of benzene rings is 1. The second-order valence-corrected chi connectivity index (χ2v) is 6.83. The first kappa shape index (κ1) is 15.5. The number of nitrogens with zero attached hydrogens (tertiary/aromatic N) is 3. The van der Waals surface area contributed by atoms with Crippen molar-refractivity contribution in [3.63, 3.8) is 0 Å². The van der Waals surface area contributed by atoms with Gasteiger partial charge in [-0.25, -0.2) is 4.98 Å². The van der Waals surface area contributed by atoms with Crippen LogP contribution in [0, 0.1) is 11.3 Å². The van der Waals surface area contributed by atoms with E-state index in [1.807, 2.05) is 17.5 Å². The zero-order chi connectivity index (χ0) is 17.2. The average molecular weight is 349 g/mol. The number of carbonyl (C=O) groups excluding carboxylic acids is 1. The third-order valence-electron chi connectivity index (χ3n) is 4.38. The van der Waals surface area contributed by atoms with Gasteiger partial charge in [-0.1, -0.05) is 12.1 Å². The molecule has 0 bridgehead atoms. The zero-order valence-electron chi connectivity index (χ0n) is 13.3. The van der Waals surface area contributed by atoms with Crippen molar-refractivity contribution in [1.82, 2.24) is 15.2 Å². The van der Waals surface area contributed by atoms with E-state index in [0.29, 0.717) is 10.7 Å².